The van der Waals surface area contributed by atoms with Crippen LogP contribution in [-0.4, -0.2) is 36.6 Å². The number of carbonyl (C=O) groups is 1. The highest BCUT2D eigenvalue weighted by Crippen LogP contribution is 2.24. The number of likely N-dealkylation sites (N-methyl/N-ethyl adjacent to an activating group) is 1. The Morgan fingerprint density at radius 2 is 2.10 bits per heavy atom. The Hall–Kier alpha value is -1.99. The molecule has 1 aromatic rings. The predicted molar refractivity (Wildman–Crippen MR) is 73.5 cm³/mol. The summed E-state index contributed by atoms with van der Waals surface area (Å²) in [7, 11) is 1.63. The molecule has 1 aliphatic rings. The van der Waals surface area contributed by atoms with Crippen LogP contribution in [-0.2, 0) is 9.53 Å². The molecule has 0 aliphatic carbocycles. The Labute approximate surface area is 116 Å². The van der Waals surface area contributed by atoms with Crippen molar-refractivity contribution in [3.63, 3.8) is 0 Å². The highest BCUT2D eigenvalue weighted by atomic mass is 16.6. The van der Waals surface area contributed by atoms with Gasteiger partial charge >= 0.3 is 0 Å². The molecule has 7 heteroatoms. The first-order chi connectivity index (χ1) is 9.52. The molecule has 20 heavy (non-hydrogen) atoms. The van der Waals surface area contributed by atoms with Gasteiger partial charge in [-0.15, -0.1) is 0 Å². The Bertz CT molecular complexity index is 503. The average Bonchev–Trinajstić information content (AvgIpc) is 2.94. The Balaban J connectivity index is 2.05. The lowest BCUT2D eigenvalue weighted by atomic mass is 10.1. The number of ether oxygens (including phenoxy) is 1. The van der Waals surface area contributed by atoms with Crippen LogP contribution in [0, 0.1) is 10.1 Å². The van der Waals surface area contributed by atoms with Crippen LogP contribution in [0.1, 0.15) is 12.8 Å². The molecule has 1 aromatic carbocycles. The maximum absolute atomic E-state index is 12.3. The second-order valence-corrected chi connectivity index (χ2v) is 4.73. The van der Waals surface area contributed by atoms with Crippen molar-refractivity contribution in [2.75, 3.05) is 18.5 Å². The van der Waals surface area contributed by atoms with Crippen molar-refractivity contribution < 1.29 is 14.5 Å². The van der Waals surface area contributed by atoms with E-state index < -0.39 is 11.0 Å². The summed E-state index contributed by atoms with van der Waals surface area (Å²) in [6.45, 7) is 0.408. The maximum Gasteiger partial charge on any atom is 0.269 e. The summed E-state index contributed by atoms with van der Waals surface area (Å²) in [5.74, 6) is -0.158. The summed E-state index contributed by atoms with van der Waals surface area (Å²) in [6.07, 6.45) is 0.886. The first kappa shape index (κ1) is 14.4. The van der Waals surface area contributed by atoms with Crippen LogP contribution in [0.2, 0.25) is 0 Å². The summed E-state index contributed by atoms with van der Waals surface area (Å²) in [5.41, 5.74) is 6.11. The van der Waals surface area contributed by atoms with Crippen LogP contribution in [0.15, 0.2) is 24.3 Å². The molecule has 0 spiro atoms. The number of anilines is 1. The monoisotopic (exact) mass is 279 g/mol. The lowest BCUT2D eigenvalue weighted by Crippen LogP contribution is -2.37. The molecule has 1 heterocycles. The van der Waals surface area contributed by atoms with Gasteiger partial charge in [-0.25, -0.2) is 0 Å². The zero-order valence-electron chi connectivity index (χ0n) is 11.2. The fourth-order valence-corrected chi connectivity index (χ4v) is 2.20. The highest BCUT2D eigenvalue weighted by molar-refractivity contribution is 5.96. The van der Waals surface area contributed by atoms with Crippen molar-refractivity contribution >= 4 is 17.3 Å². The molecule has 0 bridgehead atoms. The van der Waals surface area contributed by atoms with E-state index in [9.17, 15) is 14.9 Å². The van der Waals surface area contributed by atoms with Gasteiger partial charge in [-0.3, -0.25) is 14.9 Å². The molecular weight excluding hydrogens is 262 g/mol. The fourth-order valence-electron chi connectivity index (χ4n) is 2.20. The average molecular weight is 279 g/mol. The number of amides is 1. The third-order valence-electron chi connectivity index (χ3n) is 3.42. The number of rotatable bonds is 4. The third kappa shape index (κ3) is 2.94. The van der Waals surface area contributed by atoms with E-state index in [0.717, 1.165) is 6.42 Å². The lowest BCUT2D eigenvalue weighted by molar-refractivity contribution is -0.384. The van der Waals surface area contributed by atoms with Crippen molar-refractivity contribution in [1.82, 2.24) is 0 Å². The Morgan fingerprint density at radius 1 is 1.45 bits per heavy atom. The number of hydrogen-bond acceptors (Lipinski definition) is 5. The molecule has 0 radical (unpaired) electrons. The molecular formula is C13H17N3O4. The summed E-state index contributed by atoms with van der Waals surface area (Å²) in [6, 6.07) is 5.84. The van der Waals surface area contributed by atoms with E-state index in [2.05, 4.69) is 0 Å². The molecule has 2 rings (SSSR count). The van der Waals surface area contributed by atoms with Crippen molar-refractivity contribution in [3.8, 4) is 0 Å². The molecule has 108 valence electrons. The number of nitrogens with two attached hydrogens (primary N) is 1. The van der Waals surface area contributed by atoms with Gasteiger partial charge in [0.2, 0.25) is 0 Å². The standard InChI is InChI=1S/C13H17N3O4/c1-15(9-2-4-10(5-3-9)16(18)19)13(17)12-7-6-11(8-14)20-12/h2-5,11-12H,6-8,14H2,1H3. The predicted octanol–water partition coefficient (Wildman–Crippen LogP) is 1.06. The molecule has 2 atom stereocenters. The lowest BCUT2D eigenvalue weighted by Gasteiger charge is -2.21. The van der Waals surface area contributed by atoms with Gasteiger partial charge in [0.05, 0.1) is 11.0 Å². The second-order valence-electron chi connectivity index (χ2n) is 4.73. The van der Waals surface area contributed by atoms with Gasteiger partial charge in [-0.2, -0.15) is 0 Å². The first-order valence-electron chi connectivity index (χ1n) is 6.40. The van der Waals surface area contributed by atoms with E-state index in [1.165, 1.54) is 17.0 Å². The normalized spacial score (nSPS) is 21.7. The van der Waals surface area contributed by atoms with Crippen molar-refractivity contribution in [1.29, 1.82) is 0 Å². The zero-order chi connectivity index (χ0) is 14.7. The minimum Gasteiger partial charge on any atom is -0.364 e. The quantitative estimate of drug-likeness (QED) is 0.656. The van der Waals surface area contributed by atoms with Gasteiger partial charge in [-0.1, -0.05) is 0 Å². The topological polar surface area (TPSA) is 98.7 Å². The van der Waals surface area contributed by atoms with Crippen LogP contribution in [0.3, 0.4) is 0 Å². The second kappa shape index (κ2) is 5.98. The van der Waals surface area contributed by atoms with Crippen LogP contribution in [0.25, 0.3) is 0 Å². The van der Waals surface area contributed by atoms with Gasteiger partial charge in [0, 0.05) is 31.4 Å². The number of carbonyl (C=O) groups excluding carboxylic acids is 1. The van der Waals surface area contributed by atoms with Crippen molar-refractivity contribution in [2.45, 2.75) is 25.0 Å². The highest BCUT2D eigenvalue weighted by Gasteiger charge is 2.32. The van der Waals surface area contributed by atoms with E-state index in [-0.39, 0.29) is 17.7 Å². The number of nitro benzene ring substituents is 1. The number of benzene rings is 1. The summed E-state index contributed by atoms with van der Waals surface area (Å²) in [5, 5.41) is 10.6. The number of nitro groups is 1. The third-order valence-corrected chi connectivity index (χ3v) is 3.42. The van der Waals surface area contributed by atoms with E-state index in [1.54, 1.807) is 19.2 Å². The summed E-state index contributed by atoms with van der Waals surface area (Å²) >= 11 is 0. The Kier molecular flexibility index (Phi) is 4.31. The number of hydrogen-bond donors (Lipinski definition) is 1. The summed E-state index contributed by atoms with van der Waals surface area (Å²) < 4.78 is 5.55. The minimum absolute atomic E-state index is 0.00471. The zero-order valence-corrected chi connectivity index (χ0v) is 11.2. The maximum atomic E-state index is 12.3. The Morgan fingerprint density at radius 3 is 2.60 bits per heavy atom. The molecule has 0 saturated carbocycles. The summed E-state index contributed by atoms with van der Waals surface area (Å²) in [4.78, 5) is 23.8. The van der Waals surface area contributed by atoms with Gasteiger partial charge in [0.1, 0.15) is 6.10 Å². The number of non-ortho nitro benzene ring substituents is 1. The van der Waals surface area contributed by atoms with Gasteiger partial charge in [0.15, 0.2) is 0 Å². The molecule has 1 saturated heterocycles. The van der Waals surface area contributed by atoms with Crippen LogP contribution in [0.4, 0.5) is 11.4 Å². The van der Waals surface area contributed by atoms with Crippen molar-refractivity contribution in [3.05, 3.63) is 34.4 Å². The molecule has 1 fully saturated rings. The smallest absolute Gasteiger partial charge is 0.269 e. The molecule has 1 amide bonds. The van der Waals surface area contributed by atoms with Gasteiger partial charge < -0.3 is 15.4 Å². The fraction of sp³-hybridized carbons (Fsp3) is 0.462. The number of nitrogens with zero attached hydrogens (tertiary/aromatic N) is 2. The molecule has 2 N–H and O–H groups in total. The van der Waals surface area contributed by atoms with Crippen molar-refractivity contribution in [2.24, 2.45) is 5.73 Å². The molecule has 7 nitrogen and oxygen atoms in total. The molecule has 0 aromatic heterocycles. The van der Waals surface area contributed by atoms with E-state index in [1.807, 2.05) is 0 Å². The van der Waals surface area contributed by atoms with Crippen LogP contribution < -0.4 is 10.6 Å². The van der Waals surface area contributed by atoms with Crippen LogP contribution in [0.5, 0.6) is 0 Å². The first-order valence-corrected chi connectivity index (χ1v) is 6.40. The van der Waals surface area contributed by atoms with Gasteiger partial charge in [-0.05, 0) is 25.0 Å². The van der Waals surface area contributed by atoms with E-state index >= 15 is 0 Å². The van der Waals surface area contributed by atoms with E-state index in [0.29, 0.717) is 18.7 Å². The van der Waals surface area contributed by atoms with Crippen LogP contribution >= 0.6 is 0 Å². The van der Waals surface area contributed by atoms with Gasteiger partial charge in [0.25, 0.3) is 11.6 Å². The minimum atomic E-state index is -0.483. The SMILES string of the molecule is CN(C(=O)C1CCC(CN)O1)c1ccc([N+](=O)[O-])cc1. The van der Waals surface area contributed by atoms with E-state index in [4.69, 9.17) is 10.5 Å². The molecule has 1 aliphatic heterocycles. The molecule has 2 unspecified atom stereocenters. The largest absolute Gasteiger partial charge is 0.364 e.